The number of Topliss-reactive ketones (excluding diaryl/α,β-unsaturated/α-hetero) is 1. The maximum atomic E-state index is 13.4. The molecule has 36 heavy (non-hydrogen) atoms. The number of aromatic nitrogens is 1. The number of ether oxygens (including phenoxy) is 2. The highest BCUT2D eigenvalue weighted by Gasteiger charge is 2.48. The van der Waals surface area contributed by atoms with Gasteiger partial charge in [-0.3, -0.25) is 14.5 Å². The summed E-state index contributed by atoms with van der Waals surface area (Å²) >= 11 is 7.43. The number of ketones is 1. The van der Waals surface area contributed by atoms with Crippen LogP contribution in [-0.2, 0) is 9.59 Å². The molecule has 6 rings (SSSR count). The molecule has 1 atom stereocenters. The van der Waals surface area contributed by atoms with E-state index in [9.17, 15) is 14.7 Å². The van der Waals surface area contributed by atoms with Crippen LogP contribution >= 0.6 is 22.9 Å². The number of thiazole rings is 1. The summed E-state index contributed by atoms with van der Waals surface area (Å²) in [6, 6.07) is 16.7. The van der Waals surface area contributed by atoms with E-state index in [4.69, 9.17) is 21.1 Å². The van der Waals surface area contributed by atoms with Crippen molar-refractivity contribution in [2.24, 2.45) is 0 Å². The van der Waals surface area contributed by atoms with Crippen molar-refractivity contribution in [3.05, 3.63) is 87.9 Å². The molecule has 180 valence electrons. The summed E-state index contributed by atoms with van der Waals surface area (Å²) in [5.74, 6) is -0.839. The lowest BCUT2D eigenvalue weighted by Crippen LogP contribution is -2.29. The molecule has 2 aliphatic heterocycles. The fraction of sp³-hybridized carbons (Fsp3) is 0.148. The Labute approximate surface area is 215 Å². The molecular weight excluding hydrogens is 500 g/mol. The standard InChI is InChI=1S/C27H19ClN2O5S/c1-14-2-8-18-21(12-14)36-27(29-18)30-23(15-3-6-17(28)7-4-15)22(25(32)26(30)33)24(31)16-5-9-19-20(13-16)35-11-10-34-19/h2-9,12-13,23,31H,10-11H2,1H3/b24-22+/t23-/m1/s1. The number of carbonyl (C=O) groups excluding carboxylic acids is 2. The first kappa shape index (κ1) is 22.6. The smallest absolute Gasteiger partial charge is 0.301 e. The zero-order chi connectivity index (χ0) is 25.0. The topological polar surface area (TPSA) is 89.0 Å². The van der Waals surface area contributed by atoms with E-state index in [0.717, 1.165) is 15.8 Å². The first-order valence-electron chi connectivity index (χ1n) is 11.2. The van der Waals surface area contributed by atoms with Crippen LogP contribution in [0.2, 0.25) is 5.02 Å². The zero-order valence-electron chi connectivity index (χ0n) is 19.0. The van der Waals surface area contributed by atoms with Crippen LogP contribution in [0, 0.1) is 6.92 Å². The van der Waals surface area contributed by atoms with Crippen molar-refractivity contribution >= 4 is 55.7 Å². The highest BCUT2D eigenvalue weighted by molar-refractivity contribution is 7.22. The predicted molar refractivity (Wildman–Crippen MR) is 138 cm³/mol. The van der Waals surface area contributed by atoms with Crippen molar-refractivity contribution in [2.45, 2.75) is 13.0 Å². The molecule has 9 heteroatoms. The number of fused-ring (bicyclic) bond motifs is 2. The van der Waals surface area contributed by atoms with Gasteiger partial charge in [0.2, 0.25) is 0 Å². The van der Waals surface area contributed by atoms with Gasteiger partial charge in [-0.05, 0) is 60.5 Å². The van der Waals surface area contributed by atoms with E-state index >= 15 is 0 Å². The highest BCUT2D eigenvalue weighted by atomic mass is 35.5. The number of hydrogen-bond acceptors (Lipinski definition) is 7. The molecule has 0 bridgehead atoms. The Morgan fingerprint density at radius 3 is 2.56 bits per heavy atom. The van der Waals surface area contributed by atoms with E-state index in [1.54, 1.807) is 42.5 Å². The monoisotopic (exact) mass is 518 g/mol. The summed E-state index contributed by atoms with van der Waals surface area (Å²) in [4.78, 5) is 32.8. The number of rotatable bonds is 3. The molecule has 3 heterocycles. The molecule has 0 radical (unpaired) electrons. The molecule has 0 unspecified atom stereocenters. The molecule has 0 spiro atoms. The van der Waals surface area contributed by atoms with Gasteiger partial charge in [0.1, 0.15) is 19.0 Å². The van der Waals surface area contributed by atoms with Gasteiger partial charge >= 0.3 is 5.91 Å². The van der Waals surface area contributed by atoms with Crippen LogP contribution in [0.15, 0.2) is 66.2 Å². The van der Waals surface area contributed by atoms with Crippen LogP contribution in [0.3, 0.4) is 0 Å². The second-order valence-electron chi connectivity index (χ2n) is 8.55. The number of amides is 1. The molecule has 3 aromatic carbocycles. The lowest BCUT2D eigenvalue weighted by molar-refractivity contribution is -0.132. The minimum absolute atomic E-state index is 0.0329. The van der Waals surface area contributed by atoms with Gasteiger partial charge in [0.05, 0.1) is 21.8 Å². The Kier molecular flexibility index (Phi) is 5.43. The number of benzene rings is 3. The number of nitrogens with zero attached hydrogens (tertiary/aromatic N) is 2. The third-order valence-corrected chi connectivity index (χ3v) is 7.45. The molecule has 1 saturated heterocycles. The van der Waals surface area contributed by atoms with Crippen molar-refractivity contribution in [2.75, 3.05) is 18.1 Å². The minimum Gasteiger partial charge on any atom is -0.507 e. The summed E-state index contributed by atoms with van der Waals surface area (Å²) in [7, 11) is 0. The van der Waals surface area contributed by atoms with E-state index in [1.165, 1.54) is 16.2 Å². The normalized spacial score (nSPS) is 18.7. The predicted octanol–water partition coefficient (Wildman–Crippen LogP) is 5.66. The molecule has 0 aliphatic carbocycles. The van der Waals surface area contributed by atoms with Crippen molar-refractivity contribution in [3.8, 4) is 11.5 Å². The van der Waals surface area contributed by atoms with Gasteiger partial charge in [0.15, 0.2) is 16.6 Å². The van der Waals surface area contributed by atoms with Gasteiger partial charge in [-0.25, -0.2) is 4.98 Å². The summed E-state index contributed by atoms with van der Waals surface area (Å²) in [5, 5.41) is 12.3. The number of anilines is 1. The van der Waals surface area contributed by atoms with Crippen LogP contribution in [0.5, 0.6) is 11.5 Å². The van der Waals surface area contributed by atoms with Gasteiger partial charge in [0, 0.05) is 10.6 Å². The van der Waals surface area contributed by atoms with Gasteiger partial charge in [-0.2, -0.15) is 0 Å². The van der Waals surface area contributed by atoms with Crippen molar-refractivity contribution in [1.82, 2.24) is 4.98 Å². The zero-order valence-corrected chi connectivity index (χ0v) is 20.6. The van der Waals surface area contributed by atoms with Crippen LogP contribution in [0.4, 0.5) is 5.13 Å². The Balaban J connectivity index is 1.54. The third kappa shape index (κ3) is 3.70. The molecule has 2 aliphatic rings. The maximum Gasteiger partial charge on any atom is 0.301 e. The Hall–Kier alpha value is -3.88. The largest absolute Gasteiger partial charge is 0.507 e. The van der Waals surface area contributed by atoms with E-state index in [1.807, 2.05) is 25.1 Å². The molecule has 1 fully saturated rings. The van der Waals surface area contributed by atoms with E-state index in [2.05, 4.69) is 4.98 Å². The highest BCUT2D eigenvalue weighted by Crippen LogP contribution is 2.45. The summed E-state index contributed by atoms with van der Waals surface area (Å²) in [6.45, 7) is 2.79. The number of carbonyl (C=O) groups is 2. The van der Waals surface area contributed by atoms with Crippen molar-refractivity contribution < 1.29 is 24.2 Å². The SMILES string of the molecule is Cc1ccc2nc(N3C(=O)C(=O)/C(=C(/O)c4ccc5c(c4)OCCO5)[C@H]3c3ccc(Cl)cc3)sc2c1. The second-order valence-corrected chi connectivity index (χ2v) is 9.99. The molecule has 0 saturated carbocycles. The Morgan fingerprint density at radius 2 is 1.78 bits per heavy atom. The lowest BCUT2D eigenvalue weighted by atomic mass is 9.95. The fourth-order valence-electron chi connectivity index (χ4n) is 4.46. The number of hydrogen-bond donors (Lipinski definition) is 1. The average molecular weight is 519 g/mol. The minimum atomic E-state index is -0.892. The average Bonchev–Trinajstić information content (AvgIpc) is 3.41. The number of aryl methyl sites for hydroxylation is 1. The van der Waals surface area contributed by atoms with Crippen LogP contribution in [-0.4, -0.2) is 35.0 Å². The number of aliphatic hydroxyl groups is 1. The molecule has 1 aromatic heterocycles. The summed E-state index contributed by atoms with van der Waals surface area (Å²) < 4.78 is 12.1. The van der Waals surface area contributed by atoms with Gasteiger partial charge in [-0.15, -0.1) is 0 Å². The van der Waals surface area contributed by atoms with E-state index in [0.29, 0.717) is 46.0 Å². The molecule has 4 aromatic rings. The molecule has 1 amide bonds. The maximum absolute atomic E-state index is 13.4. The first-order valence-corrected chi connectivity index (χ1v) is 12.4. The van der Waals surface area contributed by atoms with Crippen molar-refractivity contribution in [3.63, 3.8) is 0 Å². The van der Waals surface area contributed by atoms with Gasteiger partial charge < -0.3 is 14.6 Å². The number of aliphatic hydroxyl groups excluding tert-OH is 1. The molecule has 7 nitrogen and oxygen atoms in total. The van der Waals surface area contributed by atoms with Crippen LogP contribution in [0.25, 0.3) is 16.0 Å². The first-order chi connectivity index (χ1) is 17.4. The van der Waals surface area contributed by atoms with E-state index in [-0.39, 0.29) is 11.3 Å². The number of halogens is 1. The molecule has 1 N–H and O–H groups in total. The van der Waals surface area contributed by atoms with Crippen LogP contribution in [0.1, 0.15) is 22.7 Å². The van der Waals surface area contributed by atoms with Gasteiger partial charge in [0.25, 0.3) is 5.78 Å². The quantitative estimate of drug-likeness (QED) is 0.214. The lowest BCUT2D eigenvalue weighted by Gasteiger charge is -2.23. The fourth-order valence-corrected chi connectivity index (χ4v) is 5.68. The van der Waals surface area contributed by atoms with E-state index < -0.39 is 17.7 Å². The third-order valence-electron chi connectivity index (χ3n) is 6.18. The van der Waals surface area contributed by atoms with Crippen LogP contribution < -0.4 is 14.4 Å². The Bertz CT molecular complexity index is 1580. The molecular formula is C27H19ClN2O5S. The Morgan fingerprint density at radius 1 is 1.03 bits per heavy atom. The summed E-state index contributed by atoms with van der Waals surface area (Å²) in [5.41, 5.74) is 2.72. The second kappa shape index (κ2) is 8.65. The summed E-state index contributed by atoms with van der Waals surface area (Å²) in [6.07, 6.45) is 0. The van der Waals surface area contributed by atoms with Crippen molar-refractivity contribution in [1.29, 1.82) is 0 Å². The van der Waals surface area contributed by atoms with Gasteiger partial charge in [-0.1, -0.05) is 41.1 Å².